The molecule has 1 fully saturated rings. The van der Waals surface area contributed by atoms with E-state index >= 15 is 0 Å². The average Bonchev–Trinajstić information content (AvgIpc) is 3.13. The Morgan fingerprint density at radius 2 is 2.35 bits per heavy atom. The van der Waals surface area contributed by atoms with E-state index in [1.165, 1.54) is 0 Å². The second kappa shape index (κ2) is 6.42. The zero-order chi connectivity index (χ0) is 16.4. The third-order valence-electron chi connectivity index (χ3n) is 3.90. The predicted molar refractivity (Wildman–Crippen MR) is 85.8 cm³/mol. The summed E-state index contributed by atoms with van der Waals surface area (Å²) in [5, 5.41) is 6.24. The molecule has 7 heteroatoms. The van der Waals surface area contributed by atoms with Crippen LogP contribution < -0.4 is 10.6 Å². The molecule has 1 aliphatic rings. The highest BCUT2D eigenvalue weighted by Crippen LogP contribution is 2.23. The number of aryl methyl sites for hydroxylation is 1. The summed E-state index contributed by atoms with van der Waals surface area (Å²) in [7, 11) is 1.86. The van der Waals surface area contributed by atoms with Gasteiger partial charge >= 0.3 is 0 Å². The van der Waals surface area contributed by atoms with E-state index in [0.717, 1.165) is 5.56 Å². The SMILES string of the molecule is Cn1ccnc1C(NC(=O)C1CCC(=O)N1)c1cccc(Cl)c1. The summed E-state index contributed by atoms with van der Waals surface area (Å²) in [6, 6.07) is 6.37. The number of carbonyl (C=O) groups excluding carboxylic acids is 2. The predicted octanol–water partition coefficient (Wildman–Crippen LogP) is 1.56. The summed E-state index contributed by atoms with van der Waals surface area (Å²) < 4.78 is 1.85. The highest BCUT2D eigenvalue weighted by atomic mass is 35.5. The molecule has 6 nitrogen and oxygen atoms in total. The Morgan fingerprint density at radius 1 is 1.52 bits per heavy atom. The molecule has 1 aliphatic heterocycles. The zero-order valence-corrected chi connectivity index (χ0v) is 13.4. The van der Waals surface area contributed by atoms with Gasteiger partial charge in [0.25, 0.3) is 0 Å². The first-order valence-electron chi connectivity index (χ1n) is 7.37. The molecule has 2 atom stereocenters. The van der Waals surface area contributed by atoms with Crippen LogP contribution in [0.25, 0.3) is 0 Å². The van der Waals surface area contributed by atoms with Crippen molar-refractivity contribution < 1.29 is 9.59 Å². The van der Waals surface area contributed by atoms with Gasteiger partial charge in [0.15, 0.2) is 0 Å². The number of nitrogens with zero attached hydrogens (tertiary/aromatic N) is 2. The fourth-order valence-corrected chi connectivity index (χ4v) is 2.89. The first-order chi connectivity index (χ1) is 11.0. The van der Waals surface area contributed by atoms with Crippen LogP contribution in [0.4, 0.5) is 0 Å². The van der Waals surface area contributed by atoms with E-state index < -0.39 is 12.1 Å². The van der Waals surface area contributed by atoms with Crippen LogP contribution in [0, 0.1) is 0 Å². The Morgan fingerprint density at radius 3 is 2.96 bits per heavy atom. The fourth-order valence-electron chi connectivity index (χ4n) is 2.69. The van der Waals surface area contributed by atoms with E-state index in [0.29, 0.717) is 23.7 Å². The molecule has 0 aliphatic carbocycles. The number of amides is 2. The maximum Gasteiger partial charge on any atom is 0.243 e. The number of rotatable bonds is 4. The van der Waals surface area contributed by atoms with Gasteiger partial charge in [0.2, 0.25) is 11.8 Å². The minimum Gasteiger partial charge on any atom is -0.344 e. The zero-order valence-electron chi connectivity index (χ0n) is 12.6. The van der Waals surface area contributed by atoms with Crippen LogP contribution in [-0.4, -0.2) is 27.4 Å². The second-order valence-electron chi connectivity index (χ2n) is 5.55. The minimum atomic E-state index is -0.496. The van der Waals surface area contributed by atoms with Gasteiger partial charge in [-0.15, -0.1) is 0 Å². The highest BCUT2D eigenvalue weighted by Gasteiger charge is 2.30. The molecule has 2 unspecified atom stereocenters. The summed E-state index contributed by atoms with van der Waals surface area (Å²) in [6.07, 6.45) is 4.38. The Hall–Kier alpha value is -2.34. The number of benzene rings is 1. The fraction of sp³-hybridized carbons (Fsp3) is 0.312. The maximum absolute atomic E-state index is 12.5. The van der Waals surface area contributed by atoms with Crippen LogP contribution in [0.2, 0.25) is 5.02 Å². The molecule has 0 spiro atoms. The molecule has 2 amide bonds. The van der Waals surface area contributed by atoms with Gasteiger partial charge < -0.3 is 15.2 Å². The standard InChI is InChI=1S/C16H17ClN4O2/c1-21-8-7-18-15(21)14(10-3-2-4-11(17)9-10)20-16(23)12-5-6-13(22)19-12/h2-4,7-9,12,14H,5-6H2,1H3,(H,19,22)(H,20,23). The molecule has 1 aromatic heterocycles. The topological polar surface area (TPSA) is 76.0 Å². The molecule has 1 aromatic carbocycles. The number of aromatic nitrogens is 2. The Balaban J connectivity index is 1.88. The lowest BCUT2D eigenvalue weighted by Crippen LogP contribution is -2.43. The van der Waals surface area contributed by atoms with E-state index in [1.807, 2.05) is 29.9 Å². The Bertz CT molecular complexity index is 743. The molecule has 2 aromatic rings. The summed E-state index contributed by atoms with van der Waals surface area (Å²) >= 11 is 6.08. The van der Waals surface area contributed by atoms with Crippen LogP contribution in [0.1, 0.15) is 30.3 Å². The number of hydrogen-bond donors (Lipinski definition) is 2. The van der Waals surface area contributed by atoms with Crippen molar-refractivity contribution in [2.45, 2.75) is 24.9 Å². The monoisotopic (exact) mass is 332 g/mol. The number of imidazole rings is 1. The summed E-state index contributed by atoms with van der Waals surface area (Å²) in [5.41, 5.74) is 0.837. The van der Waals surface area contributed by atoms with Crippen LogP contribution in [0.3, 0.4) is 0 Å². The van der Waals surface area contributed by atoms with Crippen molar-refractivity contribution in [3.63, 3.8) is 0 Å². The summed E-state index contributed by atoms with van der Waals surface area (Å²) in [6.45, 7) is 0. The lowest BCUT2D eigenvalue weighted by atomic mass is 10.1. The van der Waals surface area contributed by atoms with Gasteiger partial charge in [-0.2, -0.15) is 0 Å². The van der Waals surface area contributed by atoms with Crippen molar-refractivity contribution in [2.24, 2.45) is 7.05 Å². The smallest absolute Gasteiger partial charge is 0.243 e. The van der Waals surface area contributed by atoms with Gasteiger partial charge in [-0.3, -0.25) is 9.59 Å². The summed E-state index contributed by atoms with van der Waals surface area (Å²) in [5.74, 6) is 0.384. The van der Waals surface area contributed by atoms with Gasteiger partial charge in [0.1, 0.15) is 17.9 Å². The molecule has 0 saturated carbocycles. The van der Waals surface area contributed by atoms with E-state index in [9.17, 15) is 9.59 Å². The van der Waals surface area contributed by atoms with Crippen molar-refractivity contribution in [2.75, 3.05) is 0 Å². The molecular formula is C16H17ClN4O2. The third-order valence-corrected chi connectivity index (χ3v) is 4.13. The van der Waals surface area contributed by atoms with Gasteiger partial charge in [-0.25, -0.2) is 4.98 Å². The van der Waals surface area contributed by atoms with E-state index in [-0.39, 0.29) is 11.8 Å². The molecule has 2 N–H and O–H groups in total. The van der Waals surface area contributed by atoms with Crippen LogP contribution in [-0.2, 0) is 16.6 Å². The van der Waals surface area contributed by atoms with E-state index in [4.69, 9.17) is 11.6 Å². The van der Waals surface area contributed by atoms with E-state index in [1.54, 1.807) is 18.3 Å². The van der Waals surface area contributed by atoms with Crippen molar-refractivity contribution in [3.8, 4) is 0 Å². The second-order valence-corrected chi connectivity index (χ2v) is 5.99. The lowest BCUT2D eigenvalue weighted by Gasteiger charge is -2.21. The summed E-state index contributed by atoms with van der Waals surface area (Å²) in [4.78, 5) is 28.1. The number of nitrogens with one attached hydrogen (secondary N) is 2. The van der Waals surface area contributed by atoms with Gasteiger partial charge in [0, 0.05) is 30.9 Å². The molecule has 120 valence electrons. The van der Waals surface area contributed by atoms with Crippen LogP contribution >= 0.6 is 11.6 Å². The van der Waals surface area contributed by atoms with Gasteiger partial charge in [-0.1, -0.05) is 23.7 Å². The highest BCUT2D eigenvalue weighted by molar-refractivity contribution is 6.30. The number of carbonyl (C=O) groups is 2. The first-order valence-corrected chi connectivity index (χ1v) is 7.75. The van der Waals surface area contributed by atoms with E-state index in [2.05, 4.69) is 15.6 Å². The quantitative estimate of drug-likeness (QED) is 0.892. The Labute approximate surface area is 138 Å². The normalized spacial score (nSPS) is 18.5. The molecule has 0 radical (unpaired) electrons. The molecule has 2 heterocycles. The van der Waals surface area contributed by atoms with Crippen LogP contribution in [0.15, 0.2) is 36.7 Å². The average molecular weight is 333 g/mol. The van der Waals surface area contributed by atoms with Crippen molar-refractivity contribution in [1.29, 1.82) is 0 Å². The first kappa shape index (κ1) is 15.6. The Kier molecular flexibility index (Phi) is 4.34. The molecule has 1 saturated heterocycles. The number of halogens is 1. The largest absolute Gasteiger partial charge is 0.344 e. The van der Waals surface area contributed by atoms with Gasteiger partial charge in [0.05, 0.1) is 0 Å². The lowest BCUT2D eigenvalue weighted by molar-refractivity contribution is -0.126. The van der Waals surface area contributed by atoms with Crippen molar-refractivity contribution in [1.82, 2.24) is 20.2 Å². The van der Waals surface area contributed by atoms with Crippen molar-refractivity contribution >= 4 is 23.4 Å². The van der Waals surface area contributed by atoms with Gasteiger partial charge in [-0.05, 0) is 24.1 Å². The maximum atomic E-state index is 12.5. The molecule has 23 heavy (non-hydrogen) atoms. The van der Waals surface area contributed by atoms with Crippen LogP contribution in [0.5, 0.6) is 0 Å². The minimum absolute atomic E-state index is 0.0959. The number of hydrogen-bond acceptors (Lipinski definition) is 3. The molecule has 0 bridgehead atoms. The molecule has 3 rings (SSSR count). The third kappa shape index (κ3) is 3.37. The van der Waals surface area contributed by atoms with Crippen molar-refractivity contribution in [3.05, 3.63) is 53.1 Å². The molecular weight excluding hydrogens is 316 g/mol.